The molecule has 1 aromatic rings. The molecule has 0 bridgehead atoms. The number of hydrogen-bond donors (Lipinski definition) is 0. The van der Waals surface area contributed by atoms with Gasteiger partial charge in [0.15, 0.2) is 0 Å². The molecule has 7 heteroatoms. The number of aromatic nitrogens is 2. The van der Waals surface area contributed by atoms with E-state index in [0.717, 1.165) is 12.8 Å². The molecular formula is C16H22F3N3O. The van der Waals surface area contributed by atoms with Gasteiger partial charge in [-0.3, -0.25) is 4.79 Å². The third kappa shape index (κ3) is 3.70. The molecule has 3 atom stereocenters. The highest BCUT2D eigenvalue weighted by Crippen LogP contribution is 2.40. The van der Waals surface area contributed by atoms with Crippen molar-refractivity contribution in [2.45, 2.75) is 50.7 Å². The maximum absolute atomic E-state index is 12.9. The minimum Gasteiger partial charge on any atom is -0.340 e. The van der Waals surface area contributed by atoms with E-state index in [9.17, 15) is 18.0 Å². The predicted octanol–water partition coefficient (Wildman–Crippen LogP) is 3.42. The third-order valence-corrected chi connectivity index (χ3v) is 5.14. The van der Waals surface area contributed by atoms with Crippen molar-refractivity contribution in [3.05, 3.63) is 18.7 Å². The molecule has 1 amide bonds. The van der Waals surface area contributed by atoms with Crippen LogP contribution in [-0.2, 0) is 4.79 Å². The molecule has 2 heterocycles. The van der Waals surface area contributed by atoms with E-state index in [-0.39, 0.29) is 24.8 Å². The van der Waals surface area contributed by atoms with Crippen molar-refractivity contribution in [1.82, 2.24) is 14.5 Å². The van der Waals surface area contributed by atoms with E-state index in [2.05, 4.69) is 4.98 Å². The van der Waals surface area contributed by atoms with E-state index in [4.69, 9.17) is 0 Å². The van der Waals surface area contributed by atoms with Gasteiger partial charge in [-0.2, -0.15) is 13.2 Å². The molecule has 2 aliphatic rings. The van der Waals surface area contributed by atoms with Gasteiger partial charge < -0.3 is 9.47 Å². The van der Waals surface area contributed by atoms with Gasteiger partial charge >= 0.3 is 6.18 Å². The lowest BCUT2D eigenvalue weighted by Crippen LogP contribution is -2.45. The molecular weight excluding hydrogens is 307 g/mol. The summed E-state index contributed by atoms with van der Waals surface area (Å²) in [6, 6.07) is 0.178. The summed E-state index contributed by atoms with van der Waals surface area (Å²) in [6.07, 6.45) is 4.16. The smallest absolute Gasteiger partial charge is 0.340 e. The maximum atomic E-state index is 12.9. The molecule has 1 aliphatic carbocycles. The van der Waals surface area contributed by atoms with Crippen LogP contribution in [0.4, 0.5) is 13.2 Å². The summed E-state index contributed by atoms with van der Waals surface area (Å²) in [5, 5.41) is 0. The Morgan fingerprint density at radius 1 is 1.17 bits per heavy atom. The zero-order valence-corrected chi connectivity index (χ0v) is 13.0. The number of carbonyl (C=O) groups excluding carboxylic acids is 1. The van der Waals surface area contributed by atoms with Gasteiger partial charge in [0.2, 0.25) is 5.91 Å². The first-order valence-corrected chi connectivity index (χ1v) is 8.28. The van der Waals surface area contributed by atoms with Crippen molar-refractivity contribution in [2.24, 2.45) is 11.8 Å². The first-order chi connectivity index (χ1) is 10.9. The minimum absolute atomic E-state index is 0.0470. The second-order valence-corrected chi connectivity index (χ2v) is 6.69. The van der Waals surface area contributed by atoms with Crippen LogP contribution in [0.3, 0.4) is 0 Å². The minimum atomic E-state index is -4.18. The lowest BCUT2D eigenvalue weighted by atomic mass is 9.80. The molecule has 0 radical (unpaired) electrons. The van der Waals surface area contributed by atoms with Gasteiger partial charge in [0.05, 0.1) is 18.3 Å². The number of alkyl halides is 3. The molecule has 128 valence electrons. The molecule has 0 N–H and O–H groups in total. The van der Waals surface area contributed by atoms with E-state index < -0.39 is 18.0 Å². The molecule has 1 saturated carbocycles. The fraction of sp³-hybridized carbons (Fsp3) is 0.750. The Morgan fingerprint density at radius 2 is 2.00 bits per heavy atom. The van der Waals surface area contributed by atoms with E-state index in [1.165, 1.54) is 0 Å². The van der Waals surface area contributed by atoms with Crippen LogP contribution in [0.2, 0.25) is 0 Å². The summed E-state index contributed by atoms with van der Waals surface area (Å²) in [4.78, 5) is 18.5. The first-order valence-electron chi connectivity index (χ1n) is 8.28. The van der Waals surface area contributed by atoms with Crippen molar-refractivity contribution in [3.63, 3.8) is 0 Å². The van der Waals surface area contributed by atoms with Crippen LogP contribution < -0.4 is 0 Å². The fourth-order valence-corrected chi connectivity index (χ4v) is 3.85. The molecule has 0 aromatic carbocycles. The van der Waals surface area contributed by atoms with E-state index >= 15 is 0 Å². The number of nitrogens with zero attached hydrogens (tertiary/aromatic N) is 3. The first kappa shape index (κ1) is 16.3. The lowest BCUT2D eigenvalue weighted by Gasteiger charge is -2.37. The highest BCUT2D eigenvalue weighted by Gasteiger charge is 2.44. The molecule has 23 heavy (non-hydrogen) atoms. The summed E-state index contributed by atoms with van der Waals surface area (Å²) in [6.45, 7) is 1.22. The summed E-state index contributed by atoms with van der Waals surface area (Å²) < 4.78 is 40.8. The Morgan fingerprint density at radius 3 is 2.70 bits per heavy atom. The largest absolute Gasteiger partial charge is 0.391 e. The van der Waals surface area contributed by atoms with Crippen LogP contribution >= 0.6 is 0 Å². The van der Waals surface area contributed by atoms with Gasteiger partial charge in [0.1, 0.15) is 0 Å². The highest BCUT2D eigenvalue weighted by molar-refractivity contribution is 5.79. The van der Waals surface area contributed by atoms with Crippen molar-refractivity contribution in [2.75, 3.05) is 13.1 Å². The standard InChI is InChI=1S/C16H22F3N3O/c17-16(18,19)13-4-1-3-12(9-13)15(23)21-7-2-5-14(10-21)22-8-6-20-11-22/h6,8,11-14H,1-5,7,9-10H2. The Bertz CT molecular complexity index is 529. The monoisotopic (exact) mass is 329 g/mol. The van der Waals surface area contributed by atoms with E-state index in [1.807, 2.05) is 10.8 Å². The van der Waals surface area contributed by atoms with Crippen molar-refractivity contribution < 1.29 is 18.0 Å². The second kappa shape index (κ2) is 6.53. The molecule has 1 saturated heterocycles. The van der Waals surface area contributed by atoms with Crippen LogP contribution in [0, 0.1) is 11.8 Å². The number of likely N-dealkylation sites (tertiary alicyclic amines) is 1. The van der Waals surface area contributed by atoms with Crippen molar-refractivity contribution in [1.29, 1.82) is 0 Å². The summed E-state index contributed by atoms with van der Waals surface area (Å²) in [7, 11) is 0. The zero-order chi connectivity index (χ0) is 16.4. The number of halogens is 3. The number of hydrogen-bond acceptors (Lipinski definition) is 2. The molecule has 3 unspecified atom stereocenters. The summed E-state index contributed by atoms with van der Waals surface area (Å²) in [5.41, 5.74) is 0. The Balaban J connectivity index is 1.63. The van der Waals surface area contributed by atoms with Crippen molar-refractivity contribution >= 4 is 5.91 Å². The Hall–Kier alpha value is -1.53. The number of rotatable bonds is 2. The van der Waals surface area contributed by atoms with Gasteiger partial charge in [-0.05, 0) is 32.1 Å². The molecule has 1 aromatic heterocycles. The van der Waals surface area contributed by atoms with Gasteiger partial charge in [0, 0.05) is 31.4 Å². The summed E-state index contributed by atoms with van der Waals surface area (Å²) in [5.74, 6) is -1.89. The van der Waals surface area contributed by atoms with Crippen LogP contribution in [0.1, 0.15) is 44.6 Å². The Kier molecular flexibility index (Phi) is 4.64. The van der Waals surface area contributed by atoms with E-state index in [1.54, 1.807) is 17.4 Å². The van der Waals surface area contributed by atoms with Crippen LogP contribution in [0.15, 0.2) is 18.7 Å². The van der Waals surface area contributed by atoms with Gasteiger partial charge in [-0.15, -0.1) is 0 Å². The van der Waals surface area contributed by atoms with Crippen LogP contribution in [0.5, 0.6) is 0 Å². The SMILES string of the molecule is O=C(C1CCCC(C(F)(F)F)C1)N1CCCC(n2ccnc2)C1. The highest BCUT2D eigenvalue weighted by atomic mass is 19.4. The summed E-state index contributed by atoms with van der Waals surface area (Å²) >= 11 is 0. The van der Waals surface area contributed by atoms with Gasteiger partial charge in [-0.1, -0.05) is 6.42 Å². The zero-order valence-electron chi connectivity index (χ0n) is 13.0. The molecule has 0 spiro atoms. The normalized spacial score (nSPS) is 29.5. The number of piperidine rings is 1. The van der Waals surface area contributed by atoms with Crippen LogP contribution in [-0.4, -0.2) is 39.6 Å². The average Bonchev–Trinajstić information content (AvgIpc) is 3.08. The molecule has 4 nitrogen and oxygen atoms in total. The number of amides is 1. The quantitative estimate of drug-likeness (QED) is 0.834. The number of carbonyl (C=O) groups is 1. The third-order valence-electron chi connectivity index (χ3n) is 5.14. The topological polar surface area (TPSA) is 38.1 Å². The van der Waals surface area contributed by atoms with Crippen molar-refractivity contribution in [3.8, 4) is 0 Å². The van der Waals surface area contributed by atoms with Crippen LogP contribution in [0.25, 0.3) is 0 Å². The average molecular weight is 329 g/mol. The predicted molar refractivity (Wildman–Crippen MR) is 78.6 cm³/mol. The van der Waals surface area contributed by atoms with E-state index in [0.29, 0.717) is 25.9 Å². The second-order valence-electron chi connectivity index (χ2n) is 6.69. The molecule has 2 fully saturated rings. The Labute approximate surface area is 133 Å². The maximum Gasteiger partial charge on any atom is 0.391 e. The molecule has 1 aliphatic heterocycles. The van der Waals surface area contributed by atoms with Gasteiger partial charge in [0.25, 0.3) is 0 Å². The van der Waals surface area contributed by atoms with Gasteiger partial charge in [-0.25, -0.2) is 4.98 Å². The lowest BCUT2D eigenvalue weighted by molar-refractivity contribution is -0.187. The fourth-order valence-electron chi connectivity index (χ4n) is 3.85. The molecule has 3 rings (SSSR count). The number of imidazole rings is 1.